The average Bonchev–Trinajstić information content (AvgIpc) is 2.81. The normalized spacial score (nSPS) is 12.1. The Balaban J connectivity index is 2.29. The van der Waals surface area contributed by atoms with E-state index in [-0.39, 0.29) is 22.7 Å². The van der Waals surface area contributed by atoms with E-state index in [1.54, 1.807) is 11.3 Å². The summed E-state index contributed by atoms with van der Waals surface area (Å²) in [6, 6.07) is 3.77. The van der Waals surface area contributed by atoms with Gasteiger partial charge in [0, 0.05) is 4.88 Å². The zero-order chi connectivity index (χ0) is 13.1. The minimum atomic E-state index is -0.591. The van der Waals surface area contributed by atoms with Crippen molar-refractivity contribution in [1.82, 2.24) is 9.97 Å². The molecule has 1 atom stereocenters. The SMILES string of the molecule is CC(Nc1ncnc(Cl)c1[N+](=O)[O-])c1cccs1. The van der Waals surface area contributed by atoms with Crippen molar-refractivity contribution < 1.29 is 4.92 Å². The summed E-state index contributed by atoms with van der Waals surface area (Å²) in [6.45, 7) is 1.89. The predicted molar refractivity (Wildman–Crippen MR) is 70.1 cm³/mol. The van der Waals surface area contributed by atoms with Gasteiger partial charge in [-0.1, -0.05) is 17.7 Å². The molecule has 0 bridgehead atoms. The van der Waals surface area contributed by atoms with Gasteiger partial charge in [0.1, 0.15) is 6.33 Å². The maximum absolute atomic E-state index is 10.9. The van der Waals surface area contributed by atoms with Crippen molar-refractivity contribution in [3.8, 4) is 0 Å². The third-order valence-electron chi connectivity index (χ3n) is 2.28. The fraction of sp³-hybridized carbons (Fsp3) is 0.200. The summed E-state index contributed by atoms with van der Waals surface area (Å²) in [5, 5.41) is 15.7. The molecular weight excluding hydrogens is 276 g/mol. The summed E-state index contributed by atoms with van der Waals surface area (Å²) in [6.07, 6.45) is 1.19. The quantitative estimate of drug-likeness (QED) is 0.529. The van der Waals surface area contributed by atoms with Crippen LogP contribution in [0, 0.1) is 10.1 Å². The summed E-state index contributed by atoms with van der Waals surface area (Å²) in [7, 11) is 0. The van der Waals surface area contributed by atoms with E-state index in [2.05, 4.69) is 15.3 Å². The Bertz CT molecular complexity index is 561. The molecule has 2 heterocycles. The van der Waals surface area contributed by atoms with Crippen LogP contribution in [-0.2, 0) is 0 Å². The molecule has 0 saturated carbocycles. The van der Waals surface area contributed by atoms with Gasteiger partial charge in [0.2, 0.25) is 11.0 Å². The molecule has 94 valence electrons. The summed E-state index contributed by atoms with van der Waals surface area (Å²) in [5.41, 5.74) is -0.303. The van der Waals surface area contributed by atoms with Crippen molar-refractivity contribution in [3.63, 3.8) is 0 Å². The van der Waals surface area contributed by atoms with Crippen LogP contribution in [-0.4, -0.2) is 14.9 Å². The van der Waals surface area contributed by atoms with Gasteiger partial charge in [-0.25, -0.2) is 9.97 Å². The van der Waals surface area contributed by atoms with Crippen molar-refractivity contribution in [2.75, 3.05) is 5.32 Å². The Labute approximate surface area is 112 Å². The lowest BCUT2D eigenvalue weighted by Gasteiger charge is -2.12. The second-order valence-corrected chi connectivity index (χ2v) is 4.84. The number of hydrogen-bond donors (Lipinski definition) is 1. The largest absolute Gasteiger partial charge is 0.357 e. The van der Waals surface area contributed by atoms with Gasteiger partial charge in [-0.3, -0.25) is 10.1 Å². The molecule has 0 saturated heterocycles. The second-order valence-electron chi connectivity index (χ2n) is 3.50. The van der Waals surface area contributed by atoms with Crippen LogP contribution in [0.1, 0.15) is 17.8 Å². The van der Waals surface area contributed by atoms with E-state index in [9.17, 15) is 10.1 Å². The van der Waals surface area contributed by atoms with Crippen LogP contribution in [0.25, 0.3) is 0 Å². The van der Waals surface area contributed by atoms with E-state index in [0.29, 0.717) is 0 Å². The van der Waals surface area contributed by atoms with Gasteiger partial charge in [0.25, 0.3) is 0 Å². The van der Waals surface area contributed by atoms with E-state index in [1.165, 1.54) is 6.33 Å². The Hall–Kier alpha value is -1.73. The van der Waals surface area contributed by atoms with Crippen molar-refractivity contribution in [2.24, 2.45) is 0 Å². The molecule has 8 heteroatoms. The number of nitrogens with one attached hydrogen (secondary N) is 1. The lowest BCUT2D eigenvalue weighted by Crippen LogP contribution is -2.09. The van der Waals surface area contributed by atoms with E-state index < -0.39 is 4.92 Å². The maximum Gasteiger partial charge on any atom is 0.348 e. The number of nitrogens with zero attached hydrogens (tertiary/aromatic N) is 3. The number of thiophene rings is 1. The molecule has 1 unspecified atom stereocenters. The Morgan fingerprint density at radius 1 is 1.56 bits per heavy atom. The van der Waals surface area contributed by atoms with Crippen LogP contribution in [0.2, 0.25) is 5.15 Å². The molecule has 0 fully saturated rings. The van der Waals surface area contributed by atoms with Crippen molar-refractivity contribution in [2.45, 2.75) is 13.0 Å². The fourth-order valence-corrected chi connectivity index (χ4v) is 2.38. The molecule has 0 aromatic carbocycles. The predicted octanol–water partition coefficient (Wildman–Crippen LogP) is 3.27. The van der Waals surface area contributed by atoms with Gasteiger partial charge in [0.15, 0.2) is 0 Å². The standard InChI is InChI=1S/C10H9ClN4O2S/c1-6(7-3-2-4-18-7)14-10-8(15(16)17)9(11)12-5-13-10/h2-6H,1H3,(H,12,13,14). The number of halogens is 1. The van der Waals surface area contributed by atoms with E-state index in [1.807, 2.05) is 24.4 Å². The number of rotatable bonds is 4. The molecule has 0 aliphatic rings. The molecule has 0 spiro atoms. The molecule has 0 aliphatic carbocycles. The first-order valence-corrected chi connectivity index (χ1v) is 6.30. The molecule has 0 amide bonds. The monoisotopic (exact) mass is 284 g/mol. The topological polar surface area (TPSA) is 81.0 Å². The first-order chi connectivity index (χ1) is 8.59. The van der Waals surface area contributed by atoms with Crippen LogP contribution in [0.3, 0.4) is 0 Å². The van der Waals surface area contributed by atoms with Gasteiger partial charge >= 0.3 is 5.69 Å². The molecule has 2 aromatic heterocycles. The highest BCUT2D eigenvalue weighted by Gasteiger charge is 2.23. The van der Waals surface area contributed by atoms with Crippen LogP contribution in [0.5, 0.6) is 0 Å². The minimum absolute atomic E-state index is 0.0883. The Morgan fingerprint density at radius 3 is 2.94 bits per heavy atom. The van der Waals surface area contributed by atoms with Crippen molar-refractivity contribution >= 4 is 34.4 Å². The second kappa shape index (κ2) is 5.28. The molecule has 6 nitrogen and oxygen atoms in total. The van der Waals surface area contributed by atoms with E-state index >= 15 is 0 Å². The number of nitro groups is 1. The van der Waals surface area contributed by atoms with Gasteiger partial charge in [-0.2, -0.15) is 0 Å². The summed E-state index contributed by atoms with van der Waals surface area (Å²) < 4.78 is 0. The summed E-state index contributed by atoms with van der Waals surface area (Å²) in [5.74, 6) is 0.126. The first kappa shape index (κ1) is 12.7. The smallest absolute Gasteiger partial charge is 0.348 e. The number of anilines is 1. The summed E-state index contributed by atoms with van der Waals surface area (Å²) in [4.78, 5) is 18.9. The van der Waals surface area contributed by atoms with Crippen molar-refractivity contribution in [1.29, 1.82) is 0 Å². The summed E-state index contributed by atoms with van der Waals surface area (Å²) >= 11 is 7.26. The highest BCUT2D eigenvalue weighted by Crippen LogP contribution is 2.31. The van der Waals surface area contributed by atoms with Crippen LogP contribution >= 0.6 is 22.9 Å². The molecule has 18 heavy (non-hydrogen) atoms. The van der Waals surface area contributed by atoms with Gasteiger partial charge in [-0.15, -0.1) is 11.3 Å². The molecule has 0 radical (unpaired) electrons. The van der Waals surface area contributed by atoms with Gasteiger partial charge < -0.3 is 5.32 Å². The Kier molecular flexibility index (Phi) is 3.73. The molecule has 0 aliphatic heterocycles. The maximum atomic E-state index is 10.9. The van der Waals surface area contributed by atoms with E-state index in [0.717, 1.165) is 4.88 Å². The first-order valence-electron chi connectivity index (χ1n) is 5.04. The molecular formula is C10H9ClN4O2S. The lowest BCUT2D eigenvalue weighted by molar-refractivity contribution is -0.384. The molecule has 2 aromatic rings. The lowest BCUT2D eigenvalue weighted by atomic mass is 10.2. The molecule has 2 rings (SSSR count). The van der Waals surface area contributed by atoms with Gasteiger partial charge in [0.05, 0.1) is 11.0 Å². The van der Waals surface area contributed by atoms with Gasteiger partial charge in [-0.05, 0) is 18.4 Å². The van der Waals surface area contributed by atoms with Crippen LogP contribution in [0.4, 0.5) is 11.5 Å². The number of hydrogen-bond acceptors (Lipinski definition) is 6. The fourth-order valence-electron chi connectivity index (χ4n) is 1.44. The third kappa shape index (κ3) is 2.57. The Morgan fingerprint density at radius 2 is 2.33 bits per heavy atom. The minimum Gasteiger partial charge on any atom is -0.357 e. The average molecular weight is 285 g/mol. The zero-order valence-corrected chi connectivity index (χ0v) is 10.9. The highest BCUT2D eigenvalue weighted by molar-refractivity contribution is 7.10. The van der Waals surface area contributed by atoms with Crippen molar-refractivity contribution in [3.05, 3.63) is 44.0 Å². The van der Waals surface area contributed by atoms with E-state index in [4.69, 9.17) is 11.6 Å². The number of aromatic nitrogens is 2. The zero-order valence-electron chi connectivity index (χ0n) is 9.33. The highest BCUT2D eigenvalue weighted by atomic mass is 35.5. The third-order valence-corrected chi connectivity index (χ3v) is 3.61. The van der Waals surface area contributed by atoms with Crippen LogP contribution < -0.4 is 5.32 Å². The molecule has 1 N–H and O–H groups in total. The van der Waals surface area contributed by atoms with Crippen LogP contribution in [0.15, 0.2) is 23.8 Å².